The molecule has 0 spiro atoms. The van der Waals surface area contributed by atoms with E-state index in [1.54, 1.807) is 0 Å². The average Bonchev–Trinajstić information content (AvgIpc) is 3.17. The molecule has 1 aliphatic heterocycles. The number of methoxy groups -OCH3 is 1. The summed E-state index contributed by atoms with van der Waals surface area (Å²) in [5.41, 5.74) is 3.78. The molecule has 110 valence electrons. The van der Waals surface area contributed by atoms with Crippen LogP contribution in [0.4, 0.5) is 0 Å². The Balaban J connectivity index is 1.84. The summed E-state index contributed by atoms with van der Waals surface area (Å²) >= 11 is 0. The van der Waals surface area contributed by atoms with Crippen LogP contribution in [0.25, 0.3) is 6.08 Å². The molecule has 0 saturated heterocycles. The average molecular weight is 294 g/mol. The van der Waals surface area contributed by atoms with Crippen LogP contribution in [0.2, 0.25) is 0 Å². The van der Waals surface area contributed by atoms with Crippen molar-refractivity contribution in [2.45, 2.75) is 5.92 Å². The van der Waals surface area contributed by atoms with Crippen molar-refractivity contribution in [1.82, 2.24) is 0 Å². The van der Waals surface area contributed by atoms with Crippen molar-refractivity contribution in [2.24, 2.45) is 0 Å². The zero-order valence-corrected chi connectivity index (χ0v) is 12.0. The summed E-state index contributed by atoms with van der Waals surface area (Å²) in [6.45, 7) is 0.236. The van der Waals surface area contributed by atoms with E-state index in [0.29, 0.717) is 11.3 Å². The zero-order valence-electron chi connectivity index (χ0n) is 12.0. The number of benzene rings is 2. The molecule has 4 rings (SSSR count). The second kappa shape index (κ2) is 4.91. The Labute approximate surface area is 127 Å². The minimum absolute atomic E-state index is 0.141. The van der Waals surface area contributed by atoms with Crippen LogP contribution < -0.4 is 9.47 Å². The molecule has 1 unspecified atom stereocenters. The molecule has 22 heavy (non-hydrogen) atoms. The molecular weight excluding hydrogens is 280 g/mol. The SMILES string of the molecule is COC(=O)C1=Cc2ccccc2C1c1ccc2c(c1)OCO2. The van der Waals surface area contributed by atoms with E-state index in [-0.39, 0.29) is 18.7 Å². The van der Waals surface area contributed by atoms with E-state index >= 15 is 0 Å². The lowest BCUT2D eigenvalue weighted by molar-refractivity contribution is -0.136. The largest absolute Gasteiger partial charge is 0.466 e. The van der Waals surface area contributed by atoms with Crippen molar-refractivity contribution in [3.63, 3.8) is 0 Å². The Morgan fingerprint density at radius 1 is 1.14 bits per heavy atom. The molecule has 1 aliphatic carbocycles. The molecule has 0 fully saturated rings. The molecule has 0 saturated carbocycles. The van der Waals surface area contributed by atoms with Crippen molar-refractivity contribution < 1.29 is 19.0 Å². The fourth-order valence-corrected chi connectivity index (χ4v) is 3.07. The minimum atomic E-state index is -0.307. The van der Waals surface area contributed by atoms with E-state index in [2.05, 4.69) is 0 Å². The highest BCUT2D eigenvalue weighted by Gasteiger charge is 2.32. The van der Waals surface area contributed by atoms with Gasteiger partial charge in [-0.3, -0.25) is 0 Å². The van der Waals surface area contributed by atoms with E-state index in [0.717, 1.165) is 22.4 Å². The van der Waals surface area contributed by atoms with E-state index in [9.17, 15) is 4.79 Å². The van der Waals surface area contributed by atoms with Crippen LogP contribution in [0, 0.1) is 0 Å². The smallest absolute Gasteiger partial charge is 0.334 e. The van der Waals surface area contributed by atoms with Gasteiger partial charge in [0.1, 0.15) is 0 Å². The number of carbonyl (C=O) groups excluding carboxylic acids is 1. The maximum Gasteiger partial charge on any atom is 0.334 e. The number of esters is 1. The highest BCUT2D eigenvalue weighted by Crippen LogP contribution is 2.44. The van der Waals surface area contributed by atoms with Crippen molar-refractivity contribution in [2.75, 3.05) is 13.9 Å². The predicted molar refractivity (Wildman–Crippen MR) is 80.8 cm³/mol. The Morgan fingerprint density at radius 3 is 2.82 bits per heavy atom. The molecule has 0 bridgehead atoms. The summed E-state index contributed by atoms with van der Waals surface area (Å²) in [6.07, 6.45) is 1.90. The van der Waals surface area contributed by atoms with Gasteiger partial charge in [0.25, 0.3) is 0 Å². The van der Waals surface area contributed by atoms with Crippen LogP contribution >= 0.6 is 0 Å². The summed E-state index contributed by atoms with van der Waals surface area (Å²) in [6, 6.07) is 13.8. The summed E-state index contributed by atoms with van der Waals surface area (Å²) in [5.74, 6) is 1.00. The number of hydrogen-bond acceptors (Lipinski definition) is 4. The molecule has 2 aromatic carbocycles. The molecule has 0 aromatic heterocycles. The number of carbonyl (C=O) groups is 1. The van der Waals surface area contributed by atoms with Crippen LogP contribution in [0.1, 0.15) is 22.6 Å². The van der Waals surface area contributed by atoms with Gasteiger partial charge in [0, 0.05) is 11.5 Å². The number of rotatable bonds is 2. The van der Waals surface area contributed by atoms with E-state index < -0.39 is 0 Å². The van der Waals surface area contributed by atoms with Gasteiger partial charge in [0.2, 0.25) is 6.79 Å². The molecule has 0 amide bonds. The van der Waals surface area contributed by atoms with Gasteiger partial charge in [-0.1, -0.05) is 30.3 Å². The fraction of sp³-hybridized carbons (Fsp3) is 0.167. The Kier molecular flexibility index (Phi) is 2.89. The lowest BCUT2D eigenvalue weighted by atomic mass is 9.88. The maximum absolute atomic E-state index is 12.2. The quantitative estimate of drug-likeness (QED) is 0.798. The summed E-state index contributed by atoms with van der Waals surface area (Å²) in [7, 11) is 1.41. The molecule has 1 heterocycles. The molecule has 0 N–H and O–H groups in total. The van der Waals surface area contributed by atoms with Crippen LogP contribution in [0.15, 0.2) is 48.0 Å². The minimum Gasteiger partial charge on any atom is -0.466 e. The first-order chi connectivity index (χ1) is 10.8. The van der Waals surface area contributed by atoms with Gasteiger partial charge < -0.3 is 14.2 Å². The monoisotopic (exact) mass is 294 g/mol. The second-order valence-corrected chi connectivity index (χ2v) is 5.27. The van der Waals surface area contributed by atoms with Crippen molar-refractivity contribution >= 4 is 12.0 Å². The topological polar surface area (TPSA) is 44.8 Å². The summed E-state index contributed by atoms with van der Waals surface area (Å²) < 4.78 is 15.7. The van der Waals surface area contributed by atoms with Crippen LogP contribution in [-0.2, 0) is 9.53 Å². The van der Waals surface area contributed by atoms with E-state index in [1.165, 1.54) is 7.11 Å². The first kappa shape index (κ1) is 13.0. The molecule has 0 radical (unpaired) electrons. The Hall–Kier alpha value is -2.75. The van der Waals surface area contributed by atoms with Gasteiger partial charge in [-0.05, 0) is 34.9 Å². The third-order valence-electron chi connectivity index (χ3n) is 4.08. The predicted octanol–water partition coefficient (Wildman–Crippen LogP) is 3.12. The van der Waals surface area contributed by atoms with Gasteiger partial charge in [0.05, 0.1) is 7.11 Å². The molecule has 4 heteroatoms. The maximum atomic E-state index is 12.2. The van der Waals surface area contributed by atoms with Crippen molar-refractivity contribution in [1.29, 1.82) is 0 Å². The van der Waals surface area contributed by atoms with Crippen LogP contribution in [0.5, 0.6) is 11.5 Å². The Morgan fingerprint density at radius 2 is 1.95 bits per heavy atom. The zero-order chi connectivity index (χ0) is 15.1. The highest BCUT2D eigenvalue weighted by atomic mass is 16.7. The first-order valence-electron chi connectivity index (χ1n) is 7.06. The van der Waals surface area contributed by atoms with Gasteiger partial charge in [-0.25, -0.2) is 4.79 Å². The molecular formula is C18H14O4. The Bertz CT molecular complexity index is 791. The normalized spacial score (nSPS) is 17.9. The summed E-state index contributed by atoms with van der Waals surface area (Å²) in [4.78, 5) is 12.2. The van der Waals surface area contributed by atoms with Gasteiger partial charge >= 0.3 is 5.97 Å². The lowest BCUT2D eigenvalue weighted by Crippen LogP contribution is -2.11. The third-order valence-corrected chi connectivity index (χ3v) is 4.08. The van der Waals surface area contributed by atoms with Crippen LogP contribution in [0.3, 0.4) is 0 Å². The third kappa shape index (κ3) is 1.88. The molecule has 2 aromatic rings. The first-order valence-corrected chi connectivity index (χ1v) is 7.06. The summed E-state index contributed by atoms with van der Waals surface area (Å²) in [5, 5.41) is 0. The van der Waals surface area contributed by atoms with Crippen molar-refractivity contribution in [3.8, 4) is 11.5 Å². The number of fused-ring (bicyclic) bond motifs is 2. The standard InChI is InChI=1S/C18H14O4/c1-20-18(19)14-8-11-4-2-3-5-13(11)17(14)12-6-7-15-16(9-12)22-10-21-15/h2-9,17H,10H2,1H3. The fourth-order valence-electron chi connectivity index (χ4n) is 3.07. The van der Waals surface area contributed by atoms with Gasteiger partial charge in [-0.15, -0.1) is 0 Å². The molecule has 1 atom stereocenters. The second-order valence-electron chi connectivity index (χ2n) is 5.27. The molecule has 4 nitrogen and oxygen atoms in total. The number of ether oxygens (including phenoxy) is 3. The molecule has 2 aliphatic rings. The van der Waals surface area contributed by atoms with E-state index in [1.807, 2.05) is 48.5 Å². The van der Waals surface area contributed by atoms with Gasteiger partial charge in [-0.2, -0.15) is 0 Å². The van der Waals surface area contributed by atoms with Crippen LogP contribution in [-0.4, -0.2) is 19.9 Å². The van der Waals surface area contributed by atoms with E-state index in [4.69, 9.17) is 14.2 Å². The lowest BCUT2D eigenvalue weighted by Gasteiger charge is -2.16. The number of hydrogen-bond donors (Lipinski definition) is 0. The van der Waals surface area contributed by atoms with Crippen molar-refractivity contribution in [3.05, 3.63) is 64.7 Å². The van der Waals surface area contributed by atoms with Gasteiger partial charge in [0.15, 0.2) is 11.5 Å². The highest BCUT2D eigenvalue weighted by molar-refractivity contribution is 5.99.